The minimum Gasteiger partial charge on any atom is -0.379 e. The van der Waals surface area contributed by atoms with Gasteiger partial charge in [-0.15, -0.1) is 0 Å². The van der Waals surface area contributed by atoms with Crippen molar-refractivity contribution < 1.29 is 22.9 Å². The second-order valence-corrected chi connectivity index (χ2v) is 6.61. The molecule has 1 amide bonds. The molecule has 1 fully saturated rings. The summed E-state index contributed by atoms with van der Waals surface area (Å²) in [7, 11) is 0. The van der Waals surface area contributed by atoms with Crippen LogP contribution in [-0.2, 0) is 12.6 Å². The first-order valence-electron chi connectivity index (χ1n) is 8.73. The van der Waals surface area contributed by atoms with Gasteiger partial charge in [0.15, 0.2) is 0 Å². The fourth-order valence-electron chi connectivity index (χ4n) is 2.67. The molecule has 2 aromatic rings. The molecule has 1 aliphatic carbocycles. The number of alkyl halides is 3. The zero-order valence-electron chi connectivity index (χ0n) is 14.8. The second-order valence-electron chi connectivity index (χ2n) is 6.61. The van der Waals surface area contributed by atoms with Crippen molar-refractivity contribution in [1.29, 1.82) is 0 Å². The van der Waals surface area contributed by atoms with Crippen LogP contribution in [-0.4, -0.2) is 23.4 Å². The van der Waals surface area contributed by atoms with Crippen LogP contribution >= 0.6 is 0 Å². The lowest BCUT2D eigenvalue weighted by Gasteiger charge is -2.10. The lowest BCUT2D eigenvalue weighted by molar-refractivity contribution is -0.384. The number of nitro benzene ring substituents is 1. The Labute approximate surface area is 158 Å². The normalized spacial score (nSPS) is 13.8. The molecule has 0 radical (unpaired) electrons. The molecule has 9 heteroatoms. The van der Waals surface area contributed by atoms with Crippen LogP contribution in [0.5, 0.6) is 0 Å². The number of amides is 1. The predicted molar refractivity (Wildman–Crippen MR) is 97.2 cm³/mol. The highest BCUT2D eigenvalue weighted by molar-refractivity contribution is 5.96. The average molecular weight is 393 g/mol. The van der Waals surface area contributed by atoms with Crippen molar-refractivity contribution in [3.63, 3.8) is 0 Å². The van der Waals surface area contributed by atoms with Gasteiger partial charge in [0.2, 0.25) is 0 Å². The van der Waals surface area contributed by atoms with Gasteiger partial charge in [-0.2, -0.15) is 13.2 Å². The monoisotopic (exact) mass is 393 g/mol. The quantitative estimate of drug-likeness (QED) is 0.547. The lowest BCUT2D eigenvalue weighted by Crippen LogP contribution is -2.25. The number of hydrogen-bond donors (Lipinski definition) is 2. The van der Waals surface area contributed by atoms with Crippen LogP contribution in [0.1, 0.15) is 34.3 Å². The summed E-state index contributed by atoms with van der Waals surface area (Å²) in [4.78, 5) is 22.8. The van der Waals surface area contributed by atoms with E-state index in [4.69, 9.17) is 0 Å². The Morgan fingerprint density at radius 2 is 1.82 bits per heavy atom. The van der Waals surface area contributed by atoms with E-state index in [0.29, 0.717) is 18.5 Å². The van der Waals surface area contributed by atoms with Crippen LogP contribution < -0.4 is 10.6 Å². The Morgan fingerprint density at radius 3 is 2.39 bits per heavy atom. The van der Waals surface area contributed by atoms with Crippen LogP contribution in [0.25, 0.3) is 0 Å². The third-order valence-electron chi connectivity index (χ3n) is 4.38. The molecule has 0 aliphatic heterocycles. The standard InChI is InChI=1S/C19H18F3N3O3/c20-19(21,22)14-4-1-12(2-5-14)9-10-23-16-8-3-13(11-17(16)25(27)28)18(26)24-15-6-7-15/h1-5,8,11,15,23H,6-7,9-10H2,(H,24,26). The van der Waals surface area contributed by atoms with Crippen molar-refractivity contribution in [3.05, 3.63) is 69.3 Å². The molecular weight excluding hydrogens is 375 g/mol. The maximum absolute atomic E-state index is 12.6. The van der Waals surface area contributed by atoms with E-state index in [2.05, 4.69) is 10.6 Å². The van der Waals surface area contributed by atoms with E-state index in [1.54, 1.807) is 0 Å². The Balaban J connectivity index is 1.63. The third-order valence-corrected chi connectivity index (χ3v) is 4.38. The number of carbonyl (C=O) groups is 1. The zero-order valence-corrected chi connectivity index (χ0v) is 14.8. The van der Waals surface area contributed by atoms with Crippen LogP contribution in [0.3, 0.4) is 0 Å². The smallest absolute Gasteiger partial charge is 0.379 e. The Morgan fingerprint density at radius 1 is 1.14 bits per heavy atom. The highest BCUT2D eigenvalue weighted by Crippen LogP contribution is 2.29. The van der Waals surface area contributed by atoms with Crippen molar-refractivity contribution in [3.8, 4) is 0 Å². The molecule has 0 saturated heterocycles. The molecule has 0 atom stereocenters. The molecule has 0 bridgehead atoms. The number of anilines is 1. The minimum atomic E-state index is -4.38. The van der Waals surface area contributed by atoms with Gasteiger partial charge in [-0.05, 0) is 49.1 Å². The number of carbonyl (C=O) groups excluding carboxylic acids is 1. The van der Waals surface area contributed by atoms with E-state index in [1.807, 2.05) is 0 Å². The third kappa shape index (κ3) is 4.99. The van der Waals surface area contributed by atoms with Gasteiger partial charge in [-0.1, -0.05) is 12.1 Å². The summed E-state index contributed by atoms with van der Waals surface area (Å²) in [6.45, 7) is 0.291. The molecular formula is C19H18F3N3O3. The molecule has 28 heavy (non-hydrogen) atoms. The van der Waals surface area contributed by atoms with Crippen LogP contribution in [0, 0.1) is 10.1 Å². The molecule has 148 valence electrons. The van der Waals surface area contributed by atoms with Gasteiger partial charge in [0.05, 0.1) is 10.5 Å². The number of nitrogens with zero attached hydrogens (tertiary/aromatic N) is 1. The fourth-order valence-corrected chi connectivity index (χ4v) is 2.67. The van der Waals surface area contributed by atoms with Crippen molar-refractivity contribution in [1.82, 2.24) is 5.32 Å². The van der Waals surface area contributed by atoms with Crippen LogP contribution in [0.2, 0.25) is 0 Å². The number of halogens is 3. The first kappa shape index (κ1) is 19.7. The SMILES string of the molecule is O=C(NC1CC1)c1ccc(NCCc2ccc(C(F)(F)F)cc2)c([N+](=O)[O-])c1. The summed E-state index contributed by atoms with van der Waals surface area (Å²) < 4.78 is 37.7. The molecule has 0 heterocycles. The van der Waals surface area contributed by atoms with Crippen LogP contribution in [0.4, 0.5) is 24.5 Å². The predicted octanol–water partition coefficient (Wildman–Crippen LogP) is 4.16. The number of nitrogens with one attached hydrogen (secondary N) is 2. The summed E-state index contributed by atoms with van der Waals surface area (Å²) in [6.07, 6.45) is -2.17. The lowest BCUT2D eigenvalue weighted by atomic mass is 10.1. The van der Waals surface area contributed by atoms with Crippen molar-refractivity contribution in [2.45, 2.75) is 31.5 Å². The molecule has 3 rings (SSSR count). The summed E-state index contributed by atoms with van der Waals surface area (Å²) >= 11 is 0. The minimum absolute atomic E-state index is 0.146. The Bertz CT molecular complexity index is 878. The number of rotatable bonds is 7. The molecule has 0 aromatic heterocycles. The summed E-state index contributed by atoms with van der Waals surface area (Å²) in [5.41, 5.74) is 0.186. The topological polar surface area (TPSA) is 84.3 Å². The highest BCUT2D eigenvalue weighted by atomic mass is 19.4. The van der Waals surface area contributed by atoms with E-state index in [0.717, 1.165) is 25.0 Å². The highest BCUT2D eigenvalue weighted by Gasteiger charge is 2.30. The largest absolute Gasteiger partial charge is 0.416 e. The first-order chi connectivity index (χ1) is 13.2. The Kier molecular flexibility index (Phi) is 5.53. The fraction of sp³-hybridized carbons (Fsp3) is 0.316. The molecule has 2 N–H and O–H groups in total. The van der Waals surface area contributed by atoms with E-state index in [-0.39, 0.29) is 28.9 Å². The molecule has 0 spiro atoms. The van der Waals surface area contributed by atoms with Gasteiger partial charge in [0, 0.05) is 24.2 Å². The number of hydrogen-bond acceptors (Lipinski definition) is 4. The molecule has 2 aromatic carbocycles. The second kappa shape index (κ2) is 7.87. The zero-order chi connectivity index (χ0) is 20.3. The van der Waals surface area contributed by atoms with Crippen molar-refractivity contribution in [2.75, 3.05) is 11.9 Å². The Hall–Kier alpha value is -3.10. The maximum atomic E-state index is 12.6. The van der Waals surface area contributed by atoms with Crippen molar-refractivity contribution >= 4 is 17.3 Å². The number of benzene rings is 2. The van der Waals surface area contributed by atoms with Gasteiger partial charge in [0.1, 0.15) is 5.69 Å². The average Bonchev–Trinajstić information content (AvgIpc) is 3.45. The molecule has 6 nitrogen and oxygen atoms in total. The van der Waals surface area contributed by atoms with E-state index < -0.39 is 16.7 Å². The summed E-state index contributed by atoms with van der Waals surface area (Å²) in [6, 6.07) is 9.11. The van der Waals surface area contributed by atoms with Gasteiger partial charge in [-0.25, -0.2) is 0 Å². The van der Waals surface area contributed by atoms with Gasteiger partial charge < -0.3 is 10.6 Å². The molecule has 0 unspecified atom stereocenters. The van der Waals surface area contributed by atoms with E-state index >= 15 is 0 Å². The van der Waals surface area contributed by atoms with Crippen molar-refractivity contribution in [2.24, 2.45) is 0 Å². The number of nitro groups is 1. The molecule has 1 aliphatic rings. The van der Waals surface area contributed by atoms with E-state index in [1.165, 1.54) is 30.3 Å². The van der Waals surface area contributed by atoms with Crippen LogP contribution in [0.15, 0.2) is 42.5 Å². The molecule has 1 saturated carbocycles. The van der Waals surface area contributed by atoms with Gasteiger partial charge in [-0.3, -0.25) is 14.9 Å². The van der Waals surface area contributed by atoms with Gasteiger partial charge >= 0.3 is 6.18 Å². The van der Waals surface area contributed by atoms with E-state index in [9.17, 15) is 28.1 Å². The summed E-state index contributed by atoms with van der Waals surface area (Å²) in [5, 5.41) is 17.0. The van der Waals surface area contributed by atoms with Gasteiger partial charge in [0.25, 0.3) is 11.6 Å². The first-order valence-corrected chi connectivity index (χ1v) is 8.73. The summed E-state index contributed by atoms with van der Waals surface area (Å²) in [5.74, 6) is -0.345. The maximum Gasteiger partial charge on any atom is 0.416 e.